The van der Waals surface area contributed by atoms with Crippen LogP contribution in [0, 0.1) is 5.41 Å². The van der Waals surface area contributed by atoms with Crippen LogP contribution in [-0.2, 0) is 41.7 Å². The highest BCUT2D eigenvalue weighted by molar-refractivity contribution is 8.76. The standard InChI is InChI=1S/C46H69N7O6S2/c1-10-48-42(57)43(2,3)24-28-58-45(6,7)23-27-53-41-34-17-12-11-16-33(34)32-52(36-19-14-13-18-35(36)40(41)50-51-53)39(56)22-21-38(55)49-44(4,5)25-29-59-46(8,9)26-31-61-60-30-15-20-37(47)54/h11-14,16-19H,10,15,20-32H2,1-9H3,(H2,47,54)(H,48,57)(H,49,55). The van der Waals surface area contributed by atoms with Gasteiger partial charge < -0.3 is 30.7 Å². The highest BCUT2D eigenvalue weighted by atomic mass is 33.1. The number of carbonyl (C=O) groups excluding carboxylic acids is 4. The molecule has 15 heteroatoms. The minimum atomic E-state index is -0.534. The van der Waals surface area contributed by atoms with Crippen LogP contribution in [0.1, 0.15) is 119 Å². The van der Waals surface area contributed by atoms with Crippen molar-refractivity contribution < 1.29 is 28.7 Å². The molecule has 4 N–H and O–H groups in total. The molecule has 1 aromatic heterocycles. The van der Waals surface area contributed by atoms with Gasteiger partial charge in [-0.15, -0.1) is 5.10 Å². The Labute approximate surface area is 371 Å². The van der Waals surface area contributed by atoms with Crippen LogP contribution < -0.4 is 21.3 Å². The van der Waals surface area contributed by atoms with E-state index >= 15 is 0 Å². The molecule has 2 aromatic carbocycles. The average Bonchev–Trinajstić information content (AvgIpc) is 3.60. The zero-order chi connectivity index (χ0) is 44.8. The number of nitrogens with one attached hydrogen (secondary N) is 2. The van der Waals surface area contributed by atoms with E-state index < -0.39 is 16.6 Å². The van der Waals surface area contributed by atoms with E-state index in [1.54, 1.807) is 26.5 Å². The molecule has 3 aromatic rings. The maximum Gasteiger partial charge on any atom is 0.227 e. The van der Waals surface area contributed by atoms with E-state index in [9.17, 15) is 19.2 Å². The molecular weight excluding hydrogens is 811 g/mol. The Hall–Kier alpha value is -3.92. The van der Waals surface area contributed by atoms with Gasteiger partial charge in [0.25, 0.3) is 0 Å². The van der Waals surface area contributed by atoms with Crippen molar-refractivity contribution in [2.45, 2.75) is 144 Å². The quantitative estimate of drug-likeness (QED) is 0.0558. The van der Waals surface area contributed by atoms with Gasteiger partial charge >= 0.3 is 0 Å². The Kier molecular flexibility index (Phi) is 18.3. The molecule has 1 aliphatic rings. The highest BCUT2D eigenvalue weighted by Gasteiger charge is 2.32. The summed E-state index contributed by atoms with van der Waals surface area (Å²) in [5.41, 5.74) is 8.31. The molecule has 0 spiro atoms. The molecule has 0 unspecified atom stereocenters. The summed E-state index contributed by atoms with van der Waals surface area (Å²) in [5, 5.41) is 15.4. The SMILES string of the molecule is CCNC(=O)C(C)(C)CCOC(C)(C)CCn1nnc2c1-c1ccccc1CN(C(=O)CCC(=O)NC(C)(C)CCOC(C)(C)CCSSCCCC(N)=O)c1ccccc1-2. The lowest BCUT2D eigenvalue weighted by Crippen LogP contribution is -2.45. The smallest absolute Gasteiger partial charge is 0.227 e. The number of benzene rings is 2. The van der Waals surface area contributed by atoms with Crippen molar-refractivity contribution in [2.75, 3.05) is 36.2 Å². The fourth-order valence-corrected chi connectivity index (χ4v) is 9.34. The number of hydrogen-bond acceptors (Lipinski definition) is 10. The number of para-hydroxylation sites is 1. The second kappa shape index (κ2) is 22.4. The third-order valence-corrected chi connectivity index (χ3v) is 13.5. The van der Waals surface area contributed by atoms with Gasteiger partial charge in [-0.2, -0.15) is 0 Å². The van der Waals surface area contributed by atoms with Crippen molar-refractivity contribution in [1.82, 2.24) is 25.6 Å². The Bertz CT molecular complexity index is 1950. The minimum Gasteiger partial charge on any atom is -0.375 e. The van der Waals surface area contributed by atoms with Crippen molar-refractivity contribution in [2.24, 2.45) is 11.1 Å². The molecule has 0 aliphatic carbocycles. The van der Waals surface area contributed by atoms with Crippen LogP contribution in [0.5, 0.6) is 0 Å². The van der Waals surface area contributed by atoms with Crippen LogP contribution >= 0.6 is 21.6 Å². The van der Waals surface area contributed by atoms with Crippen molar-refractivity contribution >= 4 is 50.9 Å². The van der Waals surface area contributed by atoms with Crippen LogP contribution in [0.15, 0.2) is 48.5 Å². The van der Waals surface area contributed by atoms with Crippen molar-refractivity contribution in [3.05, 3.63) is 54.1 Å². The highest BCUT2D eigenvalue weighted by Crippen LogP contribution is 2.41. The molecule has 0 atom stereocenters. The van der Waals surface area contributed by atoms with Gasteiger partial charge in [-0.05, 0) is 92.2 Å². The molecule has 0 bridgehead atoms. The molecule has 0 radical (unpaired) electrons. The van der Waals surface area contributed by atoms with Crippen molar-refractivity contribution in [3.63, 3.8) is 0 Å². The number of fused-ring (bicyclic) bond motifs is 5. The van der Waals surface area contributed by atoms with Gasteiger partial charge in [0, 0.05) is 79.2 Å². The minimum absolute atomic E-state index is 0.0217. The number of nitrogens with two attached hydrogens (primary N) is 1. The Morgan fingerprint density at radius 3 is 2.13 bits per heavy atom. The monoisotopic (exact) mass is 879 g/mol. The number of aryl methyl sites for hydroxylation is 1. The first-order chi connectivity index (χ1) is 28.7. The van der Waals surface area contributed by atoms with E-state index in [1.807, 2.05) is 87.8 Å². The lowest BCUT2D eigenvalue weighted by molar-refractivity contribution is -0.131. The second-order valence-corrected chi connectivity index (χ2v) is 21.0. The predicted molar refractivity (Wildman–Crippen MR) is 248 cm³/mol. The Morgan fingerprint density at radius 2 is 1.43 bits per heavy atom. The number of anilines is 1. The number of nitrogens with zero attached hydrogens (tertiary/aromatic N) is 4. The van der Waals surface area contributed by atoms with Gasteiger partial charge in [0.15, 0.2) is 0 Å². The number of carbonyl (C=O) groups is 4. The van der Waals surface area contributed by atoms with E-state index in [-0.39, 0.29) is 42.1 Å². The summed E-state index contributed by atoms with van der Waals surface area (Å²) >= 11 is 0. The summed E-state index contributed by atoms with van der Waals surface area (Å²) in [4.78, 5) is 52.7. The summed E-state index contributed by atoms with van der Waals surface area (Å²) in [7, 11) is 3.52. The van der Waals surface area contributed by atoms with Crippen LogP contribution in [-0.4, -0.2) is 86.6 Å². The number of ether oxygens (including phenoxy) is 2. The maximum absolute atomic E-state index is 14.1. The third kappa shape index (κ3) is 15.4. The van der Waals surface area contributed by atoms with E-state index in [2.05, 4.69) is 43.5 Å². The van der Waals surface area contributed by atoms with Crippen molar-refractivity contribution in [3.8, 4) is 22.5 Å². The van der Waals surface area contributed by atoms with Crippen molar-refractivity contribution in [1.29, 1.82) is 0 Å². The largest absolute Gasteiger partial charge is 0.375 e. The van der Waals surface area contributed by atoms with E-state index in [1.165, 1.54) is 0 Å². The van der Waals surface area contributed by atoms with Crippen LogP contribution in [0.25, 0.3) is 22.5 Å². The second-order valence-electron chi connectivity index (χ2n) is 18.3. The lowest BCUT2D eigenvalue weighted by atomic mass is 9.88. The number of aromatic nitrogens is 3. The Morgan fingerprint density at radius 1 is 0.787 bits per heavy atom. The molecule has 4 rings (SSSR count). The molecule has 61 heavy (non-hydrogen) atoms. The molecule has 4 amide bonds. The normalized spacial score (nSPS) is 13.1. The van der Waals surface area contributed by atoms with Crippen LogP contribution in [0.3, 0.4) is 0 Å². The first-order valence-corrected chi connectivity index (χ1v) is 24.0. The van der Waals surface area contributed by atoms with Gasteiger partial charge in [0.2, 0.25) is 23.6 Å². The molecule has 2 heterocycles. The van der Waals surface area contributed by atoms with Crippen LogP contribution in [0.4, 0.5) is 5.69 Å². The number of hydrogen-bond donors (Lipinski definition) is 3. The molecule has 0 saturated carbocycles. The van der Waals surface area contributed by atoms with Gasteiger partial charge in [0.1, 0.15) is 5.69 Å². The molecule has 13 nitrogen and oxygen atoms in total. The first-order valence-electron chi connectivity index (χ1n) is 21.6. The summed E-state index contributed by atoms with van der Waals surface area (Å²) < 4.78 is 14.5. The first kappa shape index (κ1) is 49.7. The summed E-state index contributed by atoms with van der Waals surface area (Å²) in [6, 6.07) is 15.8. The van der Waals surface area contributed by atoms with Gasteiger partial charge in [0.05, 0.1) is 29.1 Å². The molecule has 1 aliphatic heterocycles. The topological polar surface area (TPSA) is 171 Å². The molecular formula is C46H69N7O6S2. The zero-order valence-electron chi connectivity index (χ0n) is 37.9. The van der Waals surface area contributed by atoms with E-state index in [0.717, 1.165) is 46.7 Å². The molecule has 0 saturated heterocycles. The van der Waals surface area contributed by atoms with E-state index in [0.29, 0.717) is 69.9 Å². The summed E-state index contributed by atoms with van der Waals surface area (Å²) in [5.74, 6) is 1.23. The van der Waals surface area contributed by atoms with Gasteiger partial charge in [-0.3, -0.25) is 19.2 Å². The molecule has 0 fully saturated rings. The maximum atomic E-state index is 14.1. The van der Waals surface area contributed by atoms with Gasteiger partial charge in [-0.25, -0.2) is 4.68 Å². The lowest BCUT2D eigenvalue weighted by Gasteiger charge is -2.31. The van der Waals surface area contributed by atoms with E-state index in [4.69, 9.17) is 20.3 Å². The fraction of sp³-hybridized carbons (Fsp3) is 0.609. The zero-order valence-corrected chi connectivity index (χ0v) is 39.5. The fourth-order valence-electron chi connectivity index (χ4n) is 6.96. The molecule has 336 valence electrons. The summed E-state index contributed by atoms with van der Waals surface area (Å²) in [6.07, 6.45) is 4.03. The van der Waals surface area contributed by atoms with Gasteiger partial charge in [-0.1, -0.05) is 83.1 Å². The number of rotatable bonds is 25. The predicted octanol–water partition coefficient (Wildman–Crippen LogP) is 8.09. The third-order valence-electron chi connectivity index (χ3n) is 11.0. The average molecular weight is 880 g/mol. The summed E-state index contributed by atoms with van der Waals surface area (Å²) in [6.45, 7) is 20.4. The Balaban J connectivity index is 1.37. The number of amides is 4. The number of primary amides is 1. The van der Waals surface area contributed by atoms with Crippen LogP contribution in [0.2, 0.25) is 0 Å².